The number of ketones is 2. The van der Waals surface area contributed by atoms with Gasteiger partial charge in [0, 0.05) is 16.5 Å². The lowest BCUT2D eigenvalue weighted by molar-refractivity contribution is 0.101. The van der Waals surface area contributed by atoms with Crippen molar-refractivity contribution >= 4 is 22.3 Å². The molecule has 0 radical (unpaired) electrons. The van der Waals surface area contributed by atoms with E-state index in [1.54, 1.807) is 12.1 Å². The minimum atomic E-state index is -0.0145. The van der Waals surface area contributed by atoms with Crippen molar-refractivity contribution in [3.8, 4) is 0 Å². The molecule has 0 fully saturated rings. The third-order valence-electron chi connectivity index (χ3n) is 2.66. The van der Waals surface area contributed by atoms with Crippen LogP contribution in [0, 0.1) is 0 Å². The maximum atomic E-state index is 11.5. The van der Waals surface area contributed by atoms with Crippen LogP contribution in [0.4, 0.5) is 0 Å². The smallest absolute Gasteiger partial charge is 0.160 e. The molecule has 2 heteroatoms. The van der Waals surface area contributed by atoms with Gasteiger partial charge in [-0.1, -0.05) is 50.2 Å². The summed E-state index contributed by atoms with van der Waals surface area (Å²) < 4.78 is 0. The second-order valence-electron chi connectivity index (χ2n) is 3.82. The van der Waals surface area contributed by atoms with Crippen LogP contribution in [0.2, 0.25) is 0 Å². The highest BCUT2D eigenvalue weighted by Crippen LogP contribution is 2.23. The second-order valence-corrected chi connectivity index (χ2v) is 3.82. The molecule has 0 amide bonds. The van der Waals surface area contributed by atoms with Crippen molar-refractivity contribution in [2.75, 3.05) is 0 Å². The molecule has 18 heavy (non-hydrogen) atoms. The molecule has 2 aromatic carbocycles. The van der Waals surface area contributed by atoms with Crippen molar-refractivity contribution in [1.82, 2.24) is 0 Å². The predicted molar refractivity (Wildman–Crippen MR) is 75.3 cm³/mol. The summed E-state index contributed by atoms with van der Waals surface area (Å²) in [5.74, 6) is -0.0291. The van der Waals surface area contributed by atoms with Crippen LogP contribution in [0.5, 0.6) is 0 Å². The fraction of sp³-hybridized carbons (Fsp3) is 0.250. The van der Waals surface area contributed by atoms with E-state index in [1.165, 1.54) is 13.8 Å². The van der Waals surface area contributed by atoms with Crippen LogP contribution in [-0.2, 0) is 0 Å². The summed E-state index contributed by atoms with van der Waals surface area (Å²) in [7, 11) is 0. The molecular weight excluding hydrogens is 224 g/mol. The van der Waals surface area contributed by atoms with Gasteiger partial charge in [-0.3, -0.25) is 9.59 Å². The third kappa shape index (κ3) is 2.65. The standard InChI is InChI=1S/C14H12O2.C2H6/c1-9(15)12-7-3-5-11-6-4-8-13(10(2)16)14(11)12;1-2/h3-8H,1-2H3;1-2H3. The molecule has 2 aromatic rings. The van der Waals surface area contributed by atoms with E-state index in [0.717, 1.165) is 10.8 Å². The first-order valence-electron chi connectivity index (χ1n) is 6.15. The summed E-state index contributed by atoms with van der Waals surface area (Å²) in [5.41, 5.74) is 1.23. The average molecular weight is 242 g/mol. The highest BCUT2D eigenvalue weighted by atomic mass is 16.1. The summed E-state index contributed by atoms with van der Waals surface area (Å²) in [6.45, 7) is 7.04. The van der Waals surface area contributed by atoms with Crippen molar-refractivity contribution in [1.29, 1.82) is 0 Å². The van der Waals surface area contributed by atoms with E-state index in [0.29, 0.717) is 11.1 Å². The van der Waals surface area contributed by atoms with Gasteiger partial charge in [0.2, 0.25) is 0 Å². The Bertz CT molecular complexity index is 534. The zero-order chi connectivity index (χ0) is 13.7. The van der Waals surface area contributed by atoms with Crippen LogP contribution in [0.15, 0.2) is 36.4 Å². The first kappa shape index (κ1) is 14.1. The van der Waals surface area contributed by atoms with Gasteiger partial charge in [-0.2, -0.15) is 0 Å². The number of carbonyl (C=O) groups excluding carboxylic acids is 2. The van der Waals surface area contributed by atoms with E-state index >= 15 is 0 Å². The van der Waals surface area contributed by atoms with Gasteiger partial charge < -0.3 is 0 Å². The van der Waals surface area contributed by atoms with Crippen LogP contribution in [0.25, 0.3) is 10.8 Å². The Morgan fingerprint density at radius 2 is 1.17 bits per heavy atom. The molecule has 0 saturated heterocycles. The minimum Gasteiger partial charge on any atom is -0.294 e. The number of hydrogen-bond donors (Lipinski definition) is 0. The molecule has 0 aliphatic carbocycles. The molecule has 0 aromatic heterocycles. The Morgan fingerprint density at radius 1 is 0.778 bits per heavy atom. The lowest BCUT2D eigenvalue weighted by atomic mass is 9.95. The van der Waals surface area contributed by atoms with E-state index in [9.17, 15) is 9.59 Å². The lowest BCUT2D eigenvalue weighted by Gasteiger charge is -2.07. The Labute approximate surface area is 108 Å². The predicted octanol–water partition coefficient (Wildman–Crippen LogP) is 4.27. The highest BCUT2D eigenvalue weighted by Gasteiger charge is 2.11. The minimum absolute atomic E-state index is 0.0145. The Balaban J connectivity index is 0.000000771. The Hall–Kier alpha value is -1.96. The highest BCUT2D eigenvalue weighted by molar-refractivity contribution is 6.15. The van der Waals surface area contributed by atoms with Crippen LogP contribution < -0.4 is 0 Å². The normalized spacial score (nSPS) is 9.56. The van der Waals surface area contributed by atoms with E-state index < -0.39 is 0 Å². The zero-order valence-electron chi connectivity index (χ0n) is 11.3. The average Bonchev–Trinajstić information content (AvgIpc) is 2.39. The van der Waals surface area contributed by atoms with Gasteiger partial charge in [0.15, 0.2) is 11.6 Å². The van der Waals surface area contributed by atoms with Crippen LogP contribution in [0.1, 0.15) is 48.4 Å². The van der Waals surface area contributed by atoms with Crippen molar-refractivity contribution in [2.45, 2.75) is 27.7 Å². The molecule has 0 N–H and O–H groups in total. The van der Waals surface area contributed by atoms with E-state index in [2.05, 4.69) is 0 Å². The largest absolute Gasteiger partial charge is 0.294 e. The third-order valence-corrected chi connectivity index (χ3v) is 2.66. The summed E-state index contributed by atoms with van der Waals surface area (Å²) >= 11 is 0. The van der Waals surface area contributed by atoms with Crippen LogP contribution in [0.3, 0.4) is 0 Å². The van der Waals surface area contributed by atoms with Gasteiger partial charge in [0.25, 0.3) is 0 Å². The molecule has 2 nitrogen and oxygen atoms in total. The van der Waals surface area contributed by atoms with Crippen LogP contribution in [-0.4, -0.2) is 11.6 Å². The topological polar surface area (TPSA) is 34.1 Å². The fourth-order valence-corrected chi connectivity index (χ4v) is 1.93. The van der Waals surface area contributed by atoms with Gasteiger partial charge in [0.1, 0.15) is 0 Å². The number of Topliss-reactive ketones (excluding diaryl/α,β-unsaturated/α-hetero) is 2. The van der Waals surface area contributed by atoms with Gasteiger partial charge in [-0.15, -0.1) is 0 Å². The summed E-state index contributed by atoms with van der Waals surface area (Å²) in [5, 5.41) is 1.70. The van der Waals surface area contributed by atoms with Gasteiger partial charge in [0.05, 0.1) is 0 Å². The fourth-order valence-electron chi connectivity index (χ4n) is 1.93. The second kappa shape index (κ2) is 6.10. The molecule has 0 heterocycles. The van der Waals surface area contributed by atoms with E-state index in [4.69, 9.17) is 0 Å². The summed E-state index contributed by atoms with van der Waals surface area (Å²) in [6, 6.07) is 11.0. The van der Waals surface area contributed by atoms with Gasteiger partial charge >= 0.3 is 0 Å². The van der Waals surface area contributed by atoms with Gasteiger partial charge in [-0.05, 0) is 19.2 Å². The number of fused-ring (bicyclic) bond motifs is 1. The molecule has 0 aliphatic heterocycles. The summed E-state index contributed by atoms with van der Waals surface area (Å²) in [6.07, 6.45) is 0. The Kier molecular flexibility index (Phi) is 4.78. The SMILES string of the molecule is CC.CC(=O)c1cccc2cccc(C(C)=O)c12. The van der Waals surface area contributed by atoms with E-state index in [1.807, 2.05) is 38.1 Å². The molecule has 0 bridgehead atoms. The maximum absolute atomic E-state index is 11.5. The molecule has 0 atom stereocenters. The Morgan fingerprint density at radius 3 is 1.50 bits per heavy atom. The van der Waals surface area contributed by atoms with E-state index in [-0.39, 0.29) is 11.6 Å². The molecule has 0 saturated carbocycles. The number of hydrogen-bond acceptors (Lipinski definition) is 2. The van der Waals surface area contributed by atoms with Crippen molar-refractivity contribution in [3.05, 3.63) is 47.5 Å². The molecule has 94 valence electrons. The maximum Gasteiger partial charge on any atom is 0.160 e. The molecule has 0 spiro atoms. The molecule has 0 aliphatic rings. The summed E-state index contributed by atoms with van der Waals surface area (Å²) in [4.78, 5) is 23.0. The monoisotopic (exact) mass is 242 g/mol. The quantitative estimate of drug-likeness (QED) is 0.737. The molecular formula is C16H18O2. The van der Waals surface area contributed by atoms with Crippen LogP contribution >= 0.6 is 0 Å². The zero-order valence-corrected chi connectivity index (χ0v) is 11.3. The number of rotatable bonds is 2. The first-order valence-corrected chi connectivity index (χ1v) is 6.15. The first-order chi connectivity index (χ1) is 8.61. The number of carbonyl (C=O) groups is 2. The molecule has 0 unspecified atom stereocenters. The van der Waals surface area contributed by atoms with Gasteiger partial charge in [-0.25, -0.2) is 0 Å². The number of benzene rings is 2. The lowest BCUT2D eigenvalue weighted by Crippen LogP contribution is -2.00. The molecule has 2 rings (SSSR count). The van der Waals surface area contributed by atoms with Crippen molar-refractivity contribution < 1.29 is 9.59 Å². The van der Waals surface area contributed by atoms with Crippen molar-refractivity contribution in [2.24, 2.45) is 0 Å². The van der Waals surface area contributed by atoms with Crippen molar-refractivity contribution in [3.63, 3.8) is 0 Å².